The third kappa shape index (κ3) is 4.14. The van der Waals surface area contributed by atoms with E-state index in [1.54, 1.807) is 19.1 Å². The number of thioether (sulfide) groups is 1. The molecule has 0 aliphatic rings. The van der Waals surface area contributed by atoms with Crippen molar-refractivity contribution in [2.75, 3.05) is 5.75 Å². The van der Waals surface area contributed by atoms with Crippen LogP contribution in [0, 0.1) is 11.7 Å². The van der Waals surface area contributed by atoms with E-state index >= 15 is 0 Å². The lowest BCUT2D eigenvalue weighted by Gasteiger charge is -2.19. The summed E-state index contributed by atoms with van der Waals surface area (Å²) in [5.74, 6) is -2.00. The quantitative estimate of drug-likeness (QED) is 0.893. The molecular weight excluding hydrogens is 255 g/mol. The monoisotopic (exact) mass is 270 g/mol. The van der Waals surface area contributed by atoms with Gasteiger partial charge >= 0.3 is 5.97 Å². The second-order valence-electron chi connectivity index (χ2n) is 4.09. The molecule has 1 aromatic rings. The van der Waals surface area contributed by atoms with Crippen molar-refractivity contribution in [3.05, 3.63) is 35.6 Å². The van der Waals surface area contributed by atoms with Crippen molar-refractivity contribution in [2.24, 2.45) is 5.92 Å². The molecule has 0 saturated heterocycles. The maximum absolute atomic E-state index is 12.8. The first-order valence-electron chi connectivity index (χ1n) is 5.53. The Kier molecular flexibility index (Phi) is 5.34. The summed E-state index contributed by atoms with van der Waals surface area (Å²) in [6, 6.07) is 5.77. The SMILES string of the molecule is CC(=O)SCC(C(=O)O)C(C)c1ccc(F)cc1. The van der Waals surface area contributed by atoms with Crippen LogP contribution >= 0.6 is 11.8 Å². The van der Waals surface area contributed by atoms with Gasteiger partial charge in [0.25, 0.3) is 0 Å². The number of rotatable bonds is 5. The lowest BCUT2D eigenvalue weighted by molar-refractivity contribution is -0.141. The molecule has 0 radical (unpaired) electrons. The average Bonchev–Trinajstić information content (AvgIpc) is 2.29. The van der Waals surface area contributed by atoms with E-state index in [9.17, 15) is 19.1 Å². The molecule has 2 atom stereocenters. The highest BCUT2D eigenvalue weighted by Gasteiger charge is 2.26. The van der Waals surface area contributed by atoms with Gasteiger partial charge in [-0.2, -0.15) is 0 Å². The van der Waals surface area contributed by atoms with Crippen molar-refractivity contribution in [1.29, 1.82) is 0 Å². The summed E-state index contributed by atoms with van der Waals surface area (Å²) < 4.78 is 12.8. The van der Waals surface area contributed by atoms with Gasteiger partial charge in [-0.3, -0.25) is 9.59 Å². The van der Waals surface area contributed by atoms with Gasteiger partial charge < -0.3 is 5.11 Å². The van der Waals surface area contributed by atoms with Gasteiger partial charge in [-0.1, -0.05) is 30.8 Å². The van der Waals surface area contributed by atoms with Gasteiger partial charge in [0.1, 0.15) is 5.82 Å². The predicted molar refractivity (Wildman–Crippen MR) is 69.1 cm³/mol. The molecule has 0 aliphatic carbocycles. The van der Waals surface area contributed by atoms with Gasteiger partial charge in [-0.05, 0) is 23.6 Å². The maximum Gasteiger partial charge on any atom is 0.307 e. The minimum atomic E-state index is -0.944. The number of halogens is 1. The first-order valence-corrected chi connectivity index (χ1v) is 6.52. The number of carboxylic acids is 1. The minimum Gasteiger partial charge on any atom is -0.481 e. The number of carbonyl (C=O) groups excluding carboxylic acids is 1. The van der Waals surface area contributed by atoms with Crippen LogP contribution in [-0.4, -0.2) is 21.9 Å². The molecule has 1 aromatic carbocycles. The van der Waals surface area contributed by atoms with E-state index in [0.29, 0.717) is 0 Å². The van der Waals surface area contributed by atoms with Crippen molar-refractivity contribution in [3.63, 3.8) is 0 Å². The molecule has 0 amide bonds. The largest absolute Gasteiger partial charge is 0.481 e. The van der Waals surface area contributed by atoms with E-state index < -0.39 is 11.9 Å². The Morgan fingerprint density at radius 3 is 2.33 bits per heavy atom. The van der Waals surface area contributed by atoms with E-state index in [1.165, 1.54) is 19.1 Å². The topological polar surface area (TPSA) is 54.4 Å². The van der Waals surface area contributed by atoms with Crippen LogP contribution in [0.5, 0.6) is 0 Å². The van der Waals surface area contributed by atoms with Crippen LogP contribution in [0.15, 0.2) is 24.3 Å². The van der Waals surface area contributed by atoms with Gasteiger partial charge in [0, 0.05) is 12.7 Å². The van der Waals surface area contributed by atoms with E-state index in [4.69, 9.17) is 0 Å². The van der Waals surface area contributed by atoms with Gasteiger partial charge in [-0.15, -0.1) is 0 Å². The lowest BCUT2D eigenvalue weighted by atomic mass is 9.89. The van der Waals surface area contributed by atoms with E-state index in [2.05, 4.69) is 0 Å². The molecule has 1 N–H and O–H groups in total. The fraction of sp³-hybridized carbons (Fsp3) is 0.385. The molecule has 0 saturated carbocycles. The van der Waals surface area contributed by atoms with Crippen molar-refractivity contribution in [2.45, 2.75) is 19.8 Å². The zero-order valence-electron chi connectivity index (χ0n) is 10.2. The van der Waals surface area contributed by atoms with Gasteiger partial charge in [0.2, 0.25) is 0 Å². The van der Waals surface area contributed by atoms with E-state index in [0.717, 1.165) is 17.3 Å². The number of benzene rings is 1. The Morgan fingerprint density at radius 1 is 1.33 bits per heavy atom. The summed E-state index contributed by atoms with van der Waals surface area (Å²) in [4.78, 5) is 22.1. The maximum atomic E-state index is 12.8. The Bertz CT molecular complexity index is 430. The number of aliphatic carboxylic acids is 1. The van der Waals surface area contributed by atoms with Crippen LogP contribution < -0.4 is 0 Å². The summed E-state index contributed by atoms with van der Waals surface area (Å²) >= 11 is 1.00. The molecule has 98 valence electrons. The fourth-order valence-electron chi connectivity index (χ4n) is 1.64. The van der Waals surface area contributed by atoms with Crippen LogP contribution in [0.1, 0.15) is 25.3 Å². The van der Waals surface area contributed by atoms with Crippen LogP contribution in [0.25, 0.3) is 0 Å². The second kappa shape index (κ2) is 6.54. The summed E-state index contributed by atoms with van der Waals surface area (Å²) in [5, 5.41) is 9.07. The van der Waals surface area contributed by atoms with Crippen LogP contribution in [0.4, 0.5) is 4.39 Å². The van der Waals surface area contributed by atoms with Gasteiger partial charge in [0.05, 0.1) is 5.92 Å². The molecule has 5 heteroatoms. The molecule has 0 aromatic heterocycles. The molecule has 2 unspecified atom stereocenters. The summed E-state index contributed by atoms with van der Waals surface area (Å²) in [6.45, 7) is 3.18. The van der Waals surface area contributed by atoms with Crippen LogP contribution in [0.3, 0.4) is 0 Å². The highest BCUT2D eigenvalue weighted by molar-refractivity contribution is 8.13. The normalized spacial score (nSPS) is 13.9. The average molecular weight is 270 g/mol. The van der Waals surface area contributed by atoms with E-state index in [1.807, 2.05) is 0 Å². The molecule has 0 heterocycles. The van der Waals surface area contributed by atoms with Crippen molar-refractivity contribution < 1.29 is 19.1 Å². The summed E-state index contributed by atoms with van der Waals surface area (Å²) in [5.41, 5.74) is 0.757. The first-order chi connectivity index (χ1) is 8.41. The Labute approximate surface area is 109 Å². The number of hydrogen-bond acceptors (Lipinski definition) is 3. The first kappa shape index (κ1) is 14.7. The molecule has 0 spiro atoms. The zero-order valence-corrected chi connectivity index (χ0v) is 11.0. The molecule has 0 aliphatic heterocycles. The number of carbonyl (C=O) groups is 2. The second-order valence-corrected chi connectivity index (χ2v) is 5.28. The smallest absolute Gasteiger partial charge is 0.307 e. The Hall–Kier alpha value is -1.36. The fourth-order valence-corrected chi connectivity index (χ4v) is 2.48. The third-order valence-corrected chi connectivity index (χ3v) is 3.72. The molecular formula is C13H15FO3S. The highest BCUT2D eigenvalue weighted by atomic mass is 32.2. The molecule has 0 bridgehead atoms. The predicted octanol–water partition coefficient (Wildman–Crippen LogP) is 2.91. The third-order valence-electron chi connectivity index (χ3n) is 2.78. The number of hydrogen-bond donors (Lipinski definition) is 1. The molecule has 0 fully saturated rings. The molecule has 1 rings (SSSR count). The minimum absolute atomic E-state index is 0.104. The standard InChI is InChI=1S/C13H15FO3S/c1-8(10-3-5-11(14)6-4-10)12(13(16)17)7-18-9(2)15/h3-6,8,12H,7H2,1-2H3,(H,16,17). The summed E-state index contributed by atoms with van der Waals surface area (Å²) in [7, 11) is 0. The summed E-state index contributed by atoms with van der Waals surface area (Å²) in [6.07, 6.45) is 0. The lowest BCUT2D eigenvalue weighted by Crippen LogP contribution is -2.23. The zero-order chi connectivity index (χ0) is 13.7. The molecule has 18 heavy (non-hydrogen) atoms. The van der Waals surface area contributed by atoms with Crippen LogP contribution in [-0.2, 0) is 9.59 Å². The van der Waals surface area contributed by atoms with Crippen molar-refractivity contribution >= 4 is 22.8 Å². The van der Waals surface area contributed by atoms with E-state index in [-0.39, 0.29) is 22.6 Å². The van der Waals surface area contributed by atoms with Crippen molar-refractivity contribution in [3.8, 4) is 0 Å². The Balaban J connectivity index is 2.81. The Morgan fingerprint density at radius 2 is 1.89 bits per heavy atom. The van der Waals surface area contributed by atoms with Gasteiger partial charge in [0.15, 0.2) is 5.12 Å². The molecule has 3 nitrogen and oxygen atoms in total. The number of carboxylic acid groups (broad SMARTS) is 1. The highest BCUT2D eigenvalue weighted by Crippen LogP contribution is 2.27. The van der Waals surface area contributed by atoms with Gasteiger partial charge in [-0.25, -0.2) is 4.39 Å². The van der Waals surface area contributed by atoms with Crippen molar-refractivity contribution in [1.82, 2.24) is 0 Å². The van der Waals surface area contributed by atoms with Crippen LogP contribution in [0.2, 0.25) is 0 Å².